The number of nitrogens with zero attached hydrogens (tertiary/aromatic N) is 7. The predicted octanol–water partition coefficient (Wildman–Crippen LogP) is 3.47. The number of benzene rings is 1. The van der Waals surface area contributed by atoms with Crippen LogP contribution in [0.25, 0.3) is 16.8 Å². The van der Waals surface area contributed by atoms with Gasteiger partial charge in [0, 0.05) is 43.7 Å². The second-order valence-corrected chi connectivity index (χ2v) is 12.2. The quantitative estimate of drug-likeness (QED) is 0.318. The van der Waals surface area contributed by atoms with Crippen LogP contribution in [0.5, 0.6) is 0 Å². The van der Waals surface area contributed by atoms with Crippen LogP contribution in [-0.4, -0.2) is 98.2 Å². The van der Waals surface area contributed by atoms with Crippen molar-refractivity contribution >= 4 is 23.1 Å². The number of piperazine rings is 1. The number of alkyl halides is 3. The molecule has 0 saturated carbocycles. The first-order valence-corrected chi connectivity index (χ1v) is 14.6. The fourth-order valence-corrected chi connectivity index (χ4v) is 5.01. The number of hydrogen-bond donors (Lipinski definition) is 2. The summed E-state index contributed by atoms with van der Waals surface area (Å²) in [5.41, 5.74) is 5.75. The van der Waals surface area contributed by atoms with Crippen molar-refractivity contribution in [2.75, 3.05) is 44.3 Å². The van der Waals surface area contributed by atoms with Gasteiger partial charge in [-0.05, 0) is 30.2 Å². The van der Waals surface area contributed by atoms with Crippen molar-refractivity contribution < 1.29 is 37.1 Å². The second kappa shape index (κ2) is 13.0. The monoisotopic (exact) mass is 644 g/mol. The number of fused-ring (bicyclic) bond motifs is 1. The molecule has 2 aliphatic heterocycles. The van der Waals surface area contributed by atoms with E-state index in [4.69, 9.17) is 19.2 Å². The molecule has 0 atom stereocenters. The predicted molar refractivity (Wildman–Crippen MR) is 159 cm³/mol. The molecule has 0 radical (unpaired) electrons. The maximum absolute atomic E-state index is 12.6. The summed E-state index contributed by atoms with van der Waals surface area (Å²) >= 11 is 0. The van der Waals surface area contributed by atoms with Crippen LogP contribution in [0.2, 0.25) is 0 Å². The van der Waals surface area contributed by atoms with Gasteiger partial charge in [-0.2, -0.15) is 23.3 Å². The number of anilines is 1. The number of rotatable bonds is 6. The molecule has 16 heteroatoms. The number of aliphatic carboxylic acids is 1. The van der Waals surface area contributed by atoms with Gasteiger partial charge >= 0.3 is 12.1 Å². The van der Waals surface area contributed by atoms with Gasteiger partial charge in [0.1, 0.15) is 6.33 Å². The van der Waals surface area contributed by atoms with Crippen LogP contribution in [0.3, 0.4) is 0 Å². The lowest BCUT2D eigenvalue weighted by molar-refractivity contribution is -0.192. The summed E-state index contributed by atoms with van der Waals surface area (Å²) < 4.78 is 44.2. The van der Waals surface area contributed by atoms with E-state index in [2.05, 4.69) is 53.7 Å². The minimum Gasteiger partial charge on any atom is -0.475 e. The zero-order valence-corrected chi connectivity index (χ0v) is 25.8. The number of hydrogen-bond acceptors (Lipinski definition) is 10. The van der Waals surface area contributed by atoms with E-state index in [9.17, 15) is 18.0 Å². The Balaban J connectivity index is 0.000000537. The van der Waals surface area contributed by atoms with E-state index in [-0.39, 0.29) is 17.1 Å². The normalized spacial score (nSPS) is 16.1. The summed E-state index contributed by atoms with van der Waals surface area (Å²) in [6.45, 7) is 14.0. The van der Waals surface area contributed by atoms with Gasteiger partial charge in [-0.15, -0.1) is 0 Å². The summed E-state index contributed by atoms with van der Waals surface area (Å²) in [6.07, 6.45) is -1.40. The van der Waals surface area contributed by atoms with Gasteiger partial charge in [-0.25, -0.2) is 14.3 Å². The van der Waals surface area contributed by atoms with E-state index in [1.807, 2.05) is 44.3 Å². The van der Waals surface area contributed by atoms with Crippen LogP contribution in [0, 0.1) is 6.92 Å². The average molecular weight is 645 g/mol. The third-order valence-electron chi connectivity index (χ3n) is 7.78. The number of aromatic nitrogens is 5. The average Bonchev–Trinajstić information content (AvgIpc) is 3.64. The molecule has 46 heavy (non-hydrogen) atoms. The Bertz CT molecular complexity index is 1700. The maximum atomic E-state index is 12.6. The van der Waals surface area contributed by atoms with E-state index in [1.165, 1.54) is 0 Å². The molecule has 2 aliphatic rings. The highest BCUT2D eigenvalue weighted by Crippen LogP contribution is 2.29. The molecule has 0 unspecified atom stereocenters. The number of carboxylic acid groups (broad SMARTS) is 1. The Morgan fingerprint density at radius 1 is 1.09 bits per heavy atom. The Hall–Kier alpha value is -4.57. The molecule has 2 N–H and O–H groups in total. The van der Waals surface area contributed by atoms with Crippen molar-refractivity contribution in [1.82, 2.24) is 35.0 Å². The molecule has 4 aromatic rings. The molecule has 0 spiro atoms. The molecule has 3 aromatic heterocycles. The molecule has 13 nitrogen and oxygen atoms in total. The zero-order valence-electron chi connectivity index (χ0n) is 25.8. The van der Waals surface area contributed by atoms with Crippen molar-refractivity contribution in [1.29, 1.82) is 0 Å². The van der Waals surface area contributed by atoms with Crippen LogP contribution < -0.4 is 10.2 Å². The van der Waals surface area contributed by atoms with E-state index < -0.39 is 12.1 Å². The largest absolute Gasteiger partial charge is 0.490 e. The molecule has 6 rings (SSSR count). The Morgan fingerprint density at radius 2 is 1.78 bits per heavy atom. The van der Waals surface area contributed by atoms with Gasteiger partial charge in [-0.1, -0.05) is 38.1 Å². The first-order chi connectivity index (χ1) is 21.7. The van der Waals surface area contributed by atoms with Crippen LogP contribution >= 0.6 is 0 Å². The Morgan fingerprint density at radius 3 is 2.35 bits per heavy atom. The van der Waals surface area contributed by atoms with E-state index in [0.29, 0.717) is 18.5 Å². The number of carboxylic acids is 1. The number of halogens is 3. The van der Waals surface area contributed by atoms with Crippen LogP contribution in [-0.2, 0) is 21.5 Å². The van der Waals surface area contributed by atoms with Gasteiger partial charge < -0.3 is 24.6 Å². The highest BCUT2D eigenvalue weighted by Gasteiger charge is 2.38. The van der Waals surface area contributed by atoms with Crippen molar-refractivity contribution in [2.24, 2.45) is 0 Å². The van der Waals surface area contributed by atoms with Gasteiger partial charge in [0.25, 0.3) is 11.7 Å². The summed E-state index contributed by atoms with van der Waals surface area (Å²) in [4.78, 5) is 35.3. The number of carbonyl (C=O) groups is 2. The zero-order chi connectivity index (χ0) is 33.2. The molecule has 5 heterocycles. The van der Waals surface area contributed by atoms with Gasteiger partial charge in [0.05, 0.1) is 42.4 Å². The number of carbonyl (C=O) groups excluding carboxylic acids is 1. The molecule has 1 aromatic carbocycles. The SMILES string of the molecule is Cc1cc(-c2ncnn3cc(N4CCN(C5COC5)CC4)cc23)ccc1CNC(=O)c1noc(C(C)(C)C)n1.O=C(O)C(F)(F)F. The second-order valence-electron chi connectivity index (χ2n) is 12.2. The summed E-state index contributed by atoms with van der Waals surface area (Å²) in [7, 11) is 0. The first kappa shape index (κ1) is 32.8. The number of nitrogens with one attached hydrogen (secondary N) is 1. The first-order valence-electron chi connectivity index (χ1n) is 14.6. The third-order valence-corrected chi connectivity index (χ3v) is 7.78. The summed E-state index contributed by atoms with van der Waals surface area (Å²) in [6, 6.07) is 8.92. The van der Waals surface area contributed by atoms with Crippen molar-refractivity contribution in [2.45, 2.75) is 51.9 Å². The summed E-state index contributed by atoms with van der Waals surface area (Å²) in [5.74, 6) is -2.64. The Kier molecular flexibility index (Phi) is 9.30. The van der Waals surface area contributed by atoms with Crippen LogP contribution in [0.1, 0.15) is 48.4 Å². The standard InChI is InChI=1S/C28H34N8O3.C2HF3O2/c1-18-11-19(5-6-20(18)13-29-26(37)25-32-27(39-33-25)28(2,3)4)24-23-12-21(14-36(23)31-17-30-24)34-7-9-35(10-8-34)22-15-38-16-22;3-2(4,5)1(6)7/h5-6,11-12,14,17,22H,7-10,13,15-16H2,1-4H3,(H,29,37);(H,6,7). The molecule has 0 bridgehead atoms. The fraction of sp³-hybridized carbons (Fsp3) is 0.467. The number of amides is 1. The molecular weight excluding hydrogens is 609 g/mol. The third kappa shape index (κ3) is 7.45. The van der Waals surface area contributed by atoms with Crippen molar-refractivity contribution in [3.05, 3.63) is 59.6 Å². The molecule has 246 valence electrons. The van der Waals surface area contributed by atoms with Crippen molar-refractivity contribution in [3.63, 3.8) is 0 Å². The molecule has 1 amide bonds. The van der Waals surface area contributed by atoms with E-state index in [0.717, 1.165) is 73.0 Å². The minimum atomic E-state index is -5.08. The molecule has 2 saturated heterocycles. The van der Waals surface area contributed by atoms with Crippen LogP contribution in [0.15, 0.2) is 41.3 Å². The van der Waals surface area contributed by atoms with Gasteiger partial charge in [0.15, 0.2) is 0 Å². The fourth-order valence-electron chi connectivity index (χ4n) is 5.01. The summed E-state index contributed by atoms with van der Waals surface area (Å²) in [5, 5.41) is 18.3. The lowest BCUT2D eigenvalue weighted by Crippen LogP contribution is -2.56. The Labute approximate surface area is 262 Å². The maximum Gasteiger partial charge on any atom is 0.490 e. The highest BCUT2D eigenvalue weighted by molar-refractivity contribution is 5.90. The lowest BCUT2D eigenvalue weighted by atomic mass is 9.97. The topological polar surface area (TPSA) is 151 Å². The number of aryl methyl sites for hydroxylation is 1. The lowest BCUT2D eigenvalue weighted by Gasteiger charge is -2.42. The number of ether oxygens (including phenoxy) is 1. The van der Waals surface area contributed by atoms with Gasteiger partial charge in [-0.3, -0.25) is 9.69 Å². The minimum absolute atomic E-state index is 0.0417. The van der Waals surface area contributed by atoms with Crippen LogP contribution in [0.4, 0.5) is 18.9 Å². The highest BCUT2D eigenvalue weighted by atomic mass is 19.4. The smallest absolute Gasteiger partial charge is 0.475 e. The van der Waals surface area contributed by atoms with E-state index >= 15 is 0 Å². The van der Waals surface area contributed by atoms with Crippen molar-refractivity contribution in [3.8, 4) is 11.3 Å². The molecule has 0 aliphatic carbocycles. The van der Waals surface area contributed by atoms with E-state index in [1.54, 1.807) is 6.33 Å². The molecular formula is C30H35F3N8O5. The van der Waals surface area contributed by atoms with Gasteiger partial charge in [0.2, 0.25) is 5.89 Å². The molecule has 2 fully saturated rings.